The number of nitrogens with zero attached hydrogens (tertiary/aromatic N) is 2. The molecular weight excluding hydrogens is 126 g/mol. The SMILES string of the molecule is NCOc1cnsn1. The molecule has 0 saturated carbocycles. The van der Waals surface area contributed by atoms with Crippen LogP contribution < -0.4 is 10.5 Å². The lowest BCUT2D eigenvalue weighted by molar-refractivity contribution is 0.319. The minimum absolute atomic E-state index is 0.158. The van der Waals surface area contributed by atoms with Gasteiger partial charge in [0.05, 0.1) is 11.7 Å². The van der Waals surface area contributed by atoms with Crippen molar-refractivity contribution < 1.29 is 4.74 Å². The third-order valence-corrected chi connectivity index (χ3v) is 1.03. The fraction of sp³-hybridized carbons (Fsp3) is 0.333. The van der Waals surface area contributed by atoms with E-state index in [0.29, 0.717) is 5.88 Å². The van der Waals surface area contributed by atoms with Crippen LogP contribution in [0.15, 0.2) is 6.20 Å². The zero-order valence-electron chi connectivity index (χ0n) is 4.07. The van der Waals surface area contributed by atoms with Crippen molar-refractivity contribution in [3.8, 4) is 5.88 Å². The van der Waals surface area contributed by atoms with Crippen LogP contribution >= 0.6 is 11.7 Å². The molecule has 0 saturated heterocycles. The molecule has 0 aliphatic rings. The van der Waals surface area contributed by atoms with Gasteiger partial charge in [-0.1, -0.05) is 0 Å². The summed E-state index contributed by atoms with van der Waals surface area (Å²) < 4.78 is 12.2. The van der Waals surface area contributed by atoms with E-state index in [9.17, 15) is 0 Å². The molecule has 0 fully saturated rings. The third-order valence-electron chi connectivity index (χ3n) is 0.572. The first kappa shape index (κ1) is 5.46. The predicted octanol–water partition coefficient (Wildman–Crippen LogP) is -0.167. The van der Waals surface area contributed by atoms with Crippen LogP contribution in [-0.2, 0) is 0 Å². The Morgan fingerprint density at radius 1 is 1.88 bits per heavy atom. The van der Waals surface area contributed by atoms with E-state index in [1.165, 1.54) is 6.20 Å². The molecule has 0 aliphatic carbocycles. The van der Waals surface area contributed by atoms with E-state index < -0.39 is 0 Å². The average molecular weight is 131 g/mol. The van der Waals surface area contributed by atoms with Gasteiger partial charge in [-0.25, -0.2) is 0 Å². The molecule has 0 amide bonds. The Morgan fingerprint density at radius 2 is 2.75 bits per heavy atom. The van der Waals surface area contributed by atoms with Crippen LogP contribution in [0.1, 0.15) is 0 Å². The van der Waals surface area contributed by atoms with Crippen LogP contribution in [0.5, 0.6) is 5.88 Å². The minimum atomic E-state index is 0.158. The van der Waals surface area contributed by atoms with Crippen LogP contribution in [0.25, 0.3) is 0 Å². The van der Waals surface area contributed by atoms with E-state index in [0.717, 1.165) is 11.7 Å². The van der Waals surface area contributed by atoms with Crippen molar-refractivity contribution in [1.82, 2.24) is 8.75 Å². The molecule has 1 rings (SSSR count). The Morgan fingerprint density at radius 3 is 3.25 bits per heavy atom. The van der Waals surface area contributed by atoms with Gasteiger partial charge >= 0.3 is 0 Å². The van der Waals surface area contributed by atoms with Gasteiger partial charge in [-0.05, 0) is 0 Å². The van der Waals surface area contributed by atoms with Gasteiger partial charge in [0.25, 0.3) is 0 Å². The summed E-state index contributed by atoms with van der Waals surface area (Å²) in [5, 5.41) is 0. The van der Waals surface area contributed by atoms with Crippen LogP contribution in [0, 0.1) is 0 Å². The van der Waals surface area contributed by atoms with E-state index >= 15 is 0 Å². The van der Waals surface area contributed by atoms with Gasteiger partial charge in [-0.3, -0.25) is 5.73 Å². The Balaban J connectivity index is 2.50. The highest BCUT2D eigenvalue weighted by molar-refractivity contribution is 6.99. The fourth-order valence-corrected chi connectivity index (χ4v) is 0.670. The maximum Gasteiger partial charge on any atom is 0.247 e. The van der Waals surface area contributed by atoms with Crippen LogP contribution in [0.3, 0.4) is 0 Å². The molecule has 0 bridgehead atoms. The van der Waals surface area contributed by atoms with Crippen LogP contribution in [-0.4, -0.2) is 15.5 Å². The molecule has 0 atom stereocenters. The lowest BCUT2D eigenvalue weighted by Crippen LogP contribution is -2.06. The van der Waals surface area contributed by atoms with Crippen LogP contribution in [0.2, 0.25) is 0 Å². The Hall–Kier alpha value is -0.680. The van der Waals surface area contributed by atoms with Gasteiger partial charge in [0.15, 0.2) is 0 Å². The van der Waals surface area contributed by atoms with Gasteiger partial charge in [0, 0.05) is 0 Å². The van der Waals surface area contributed by atoms with Crippen molar-refractivity contribution in [3.63, 3.8) is 0 Å². The molecule has 0 radical (unpaired) electrons. The summed E-state index contributed by atoms with van der Waals surface area (Å²) in [7, 11) is 0. The summed E-state index contributed by atoms with van der Waals surface area (Å²) in [6.45, 7) is 0.158. The number of aromatic nitrogens is 2. The normalized spacial score (nSPS) is 9.12. The highest BCUT2D eigenvalue weighted by Crippen LogP contribution is 2.02. The number of ether oxygens (including phenoxy) is 1. The van der Waals surface area contributed by atoms with Crippen molar-refractivity contribution in [2.75, 3.05) is 6.73 Å². The van der Waals surface area contributed by atoms with E-state index in [4.69, 9.17) is 10.5 Å². The van der Waals surface area contributed by atoms with Crippen molar-refractivity contribution in [2.45, 2.75) is 0 Å². The van der Waals surface area contributed by atoms with E-state index in [2.05, 4.69) is 8.75 Å². The maximum atomic E-state index is 5.03. The second kappa shape index (κ2) is 2.58. The lowest BCUT2D eigenvalue weighted by Gasteiger charge is -1.91. The molecule has 5 heteroatoms. The van der Waals surface area contributed by atoms with Gasteiger partial charge in [0.2, 0.25) is 5.88 Å². The average Bonchev–Trinajstić information content (AvgIpc) is 2.19. The first-order valence-electron chi connectivity index (χ1n) is 2.04. The predicted molar refractivity (Wildman–Crippen MR) is 29.6 cm³/mol. The highest BCUT2D eigenvalue weighted by atomic mass is 32.1. The fourth-order valence-electron chi connectivity index (χ4n) is 0.305. The van der Waals surface area contributed by atoms with E-state index in [1.807, 2.05) is 0 Å². The standard InChI is InChI=1S/C3H5N3OS/c4-2-7-3-1-5-8-6-3/h1H,2,4H2. The number of nitrogens with two attached hydrogens (primary N) is 1. The molecule has 2 N–H and O–H groups in total. The van der Waals surface area contributed by atoms with Gasteiger partial charge in [-0.2, -0.15) is 4.37 Å². The molecule has 44 valence electrons. The summed E-state index contributed by atoms with van der Waals surface area (Å²) in [5.41, 5.74) is 5.03. The van der Waals surface area contributed by atoms with Crippen LogP contribution in [0.4, 0.5) is 0 Å². The largest absolute Gasteiger partial charge is 0.460 e. The number of rotatable bonds is 2. The number of hydrogen-bond donors (Lipinski definition) is 1. The second-order valence-corrected chi connectivity index (χ2v) is 1.61. The van der Waals surface area contributed by atoms with E-state index in [1.54, 1.807) is 0 Å². The summed E-state index contributed by atoms with van der Waals surface area (Å²) >= 11 is 1.10. The second-order valence-electron chi connectivity index (χ2n) is 1.06. The van der Waals surface area contributed by atoms with Gasteiger partial charge in [-0.15, -0.1) is 4.37 Å². The van der Waals surface area contributed by atoms with Crippen molar-refractivity contribution >= 4 is 11.7 Å². The Labute approximate surface area is 50.6 Å². The monoisotopic (exact) mass is 131 g/mol. The van der Waals surface area contributed by atoms with E-state index in [-0.39, 0.29) is 6.73 Å². The smallest absolute Gasteiger partial charge is 0.247 e. The summed E-state index contributed by atoms with van der Waals surface area (Å²) in [6.07, 6.45) is 1.53. The van der Waals surface area contributed by atoms with Crippen molar-refractivity contribution in [1.29, 1.82) is 0 Å². The first-order chi connectivity index (χ1) is 3.93. The van der Waals surface area contributed by atoms with Crippen molar-refractivity contribution in [3.05, 3.63) is 6.20 Å². The molecule has 0 aliphatic heterocycles. The molecule has 0 aromatic carbocycles. The molecular formula is C3H5N3OS. The molecule has 0 spiro atoms. The molecule has 1 aromatic rings. The highest BCUT2D eigenvalue weighted by Gasteiger charge is 1.90. The summed E-state index contributed by atoms with van der Waals surface area (Å²) in [4.78, 5) is 0. The molecule has 1 heterocycles. The Bertz CT molecular complexity index is 140. The summed E-state index contributed by atoms with van der Waals surface area (Å²) in [5.74, 6) is 0.498. The quantitative estimate of drug-likeness (QED) is 0.566. The summed E-state index contributed by atoms with van der Waals surface area (Å²) in [6, 6.07) is 0. The minimum Gasteiger partial charge on any atom is -0.460 e. The third kappa shape index (κ3) is 1.14. The van der Waals surface area contributed by atoms with Crippen molar-refractivity contribution in [2.24, 2.45) is 5.73 Å². The first-order valence-corrected chi connectivity index (χ1v) is 2.77. The van der Waals surface area contributed by atoms with Gasteiger partial charge in [0.1, 0.15) is 12.9 Å². The zero-order valence-corrected chi connectivity index (χ0v) is 4.89. The number of hydrogen-bond acceptors (Lipinski definition) is 5. The van der Waals surface area contributed by atoms with Gasteiger partial charge < -0.3 is 4.74 Å². The molecule has 4 nitrogen and oxygen atoms in total. The topological polar surface area (TPSA) is 61.0 Å². The maximum absolute atomic E-state index is 5.03. The zero-order chi connectivity index (χ0) is 5.82. The molecule has 1 aromatic heterocycles. The molecule has 0 unspecified atom stereocenters. The lowest BCUT2D eigenvalue weighted by atomic mass is 10.8. The Kier molecular flexibility index (Phi) is 1.76. The molecule has 8 heavy (non-hydrogen) atoms.